The van der Waals surface area contributed by atoms with Gasteiger partial charge in [0, 0.05) is 0 Å². The highest BCUT2D eigenvalue weighted by Crippen LogP contribution is 2.22. The summed E-state index contributed by atoms with van der Waals surface area (Å²) >= 11 is 5.96. The van der Waals surface area contributed by atoms with Crippen molar-refractivity contribution in [1.82, 2.24) is 0 Å². The summed E-state index contributed by atoms with van der Waals surface area (Å²) in [5.41, 5.74) is 0.890. The van der Waals surface area contributed by atoms with Gasteiger partial charge in [0.2, 0.25) is 0 Å². The third-order valence-electron chi connectivity index (χ3n) is 2.49. The zero-order valence-electron chi connectivity index (χ0n) is 10.5. The Kier molecular flexibility index (Phi) is 4.59. The van der Waals surface area contributed by atoms with Crippen molar-refractivity contribution in [3.05, 3.63) is 59.1 Å². The molecule has 2 aromatic rings. The Bertz CT molecular complexity index is 651. The number of nitriles is 1. The smallest absolute Gasteiger partial charge is 0.262 e. The number of nitrogens with zero attached hydrogens (tertiary/aromatic N) is 1. The molecule has 2 aromatic carbocycles. The molecule has 0 aliphatic heterocycles. The average Bonchev–Trinajstić information content (AvgIpc) is 2.48. The molecule has 0 atom stereocenters. The first-order valence-corrected chi connectivity index (χ1v) is 6.24. The maximum Gasteiger partial charge on any atom is 0.262 e. The van der Waals surface area contributed by atoms with E-state index >= 15 is 0 Å². The molecule has 100 valence electrons. The van der Waals surface area contributed by atoms with Crippen LogP contribution in [0, 0.1) is 11.3 Å². The molecule has 0 unspecified atom stereocenters. The first-order valence-electron chi connectivity index (χ1n) is 5.86. The Morgan fingerprint density at radius 2 is 2.00 bits per heavy atom. The van der Waals surface area contributed by atoms with Gasteiger partial charge in [0.25, 0.3) is 5.91 Å². The van der Waals surface area contributed by atoms with Crippen LogP contribution in [-0.4, -0.2) is 12.5 Å². The van der Waals surface area contributed by atoms with E-state index in [2.05, 4.69) is 5.32 Å². The lowest BCUT2D eigenvalue weighted by molar-refractivity contribution is -0.118. The van der Waals surface area contributed by atoms with Crippen molar-refractivity contribution >= 4 is 23.2 Å². The summed E-state index contributed by atoms with van der Waals surface area (Å²) < 4.78 is 5.32. The number of anilines is 1. The number of amides is 1. The fourth-order valence-electron chi connectivity index (χ4n) is 1.54. The number of hydrogen-bond donors (Lipinski definition) is 1. The van der Waals surface area contributed by atoms with Crippen molar-refractivity contribution in [3.8, 4) is 11.8 Å². The standard InChI is InChI=1S/C15H11ClN2O2/c16-13-8-11(9-17)6-7-14(13)18-15(19)10-20-12-4-2-1-3-5-12/h1-8H,10H2,(H,18,19). The average molecular weight is 287 g/mol. The van der Waals surface area contributed by atoms with Gasteiger partial charge in [0.05, 0.1) is 22.3 Å². The van der Waals surface area contributed by atoms with Gasteiger partial charge in [-0.2, -0.15) is 5.26 Å². The summed E-state index contributed by atoms with van der Waals surface area (Å²) in [5, 5.41) is 11.7. The molecule has 1 amide bonds. The minimum absolute atomic E-state index is 0.111. The van der Waals surface area contributed by atoms with E-state index in [-0.39, 0.29) is 12.5 Å². The normalized spacial score (nSPS) is 9.60. The molecule has 0 bridgehead atoms. The molecule has 5 heteroatoms. The maximum absolute atomic E-state index is 11.7. The molecule has 20 heavy (non-hydrogen) atoms. The van der Waals surface area contributed by atoms with Gasteiger partial charge < -0.3 is 10.1 Å². The van der Waals surface area contributed by atoms with Crippen LogP contribution in [0.25, 0.3) is 0 Å². The number of para-hydroxylation sites is 1. The van der Waals surface area contributed by atoms with Crippen molar-refractivity contribution in [2.75, 3.05) is 11.9 Å². The van der Waals surface area contributed by atoms with E-state index in [0.29, 0.717) is 22.0 Å². The third-order valence-corrected chi connectivity index (χ3v) is 2.80. The van der Waals surface area contributed by atoms with Crippen LogP contribution in [0.5, 0.6) is 5.75 Å². The SMILES string of the molecule is N#Cc1ccc(NC(=O)COc2ccccc2)c(Cl)c1. The minimum atomic E-state index is -0.319. The molecule has 0 radical (unpaired) electrons. The van der Waals surface area contributed by atoms with E-state index in [1.54, 1.807) is 24.3 Å². The zero-order valence-corrected chi connectivity index (χ0v) is 11.2. The second-order valence-corrected chi connectivity index (χ2v) is 4.36. The highest BCUT2D eigenvalue weighted by molar-refractivity contribution is 6.33. The fourth-order valence-corrected chi connectivity index (χ4v) is 1.77. The fraction of sp³-hybridized carbons (Fsp3) is 0.0667. The molecule has 0 saturated carbocycles. The predicted octanol–water partition coefficient (Wildman–Crippen LogP) is 3.23. The predicted molar refractivity (Wildman–Crippen MR) is 76.7 cm³/mol. The number of halogens is 1. The van der Waals surface area contributed by atoms with Crippen LogP contribution in [0.1, 0.15) is 5.56 Å². The summed E-state index contributed by atoms with van der Waals surface area (Å²) in [6.45, 7) is -0.111. The van der Waals surface area contributed by atoms with Crippen LogP contribution in [-0.2, 0) is 4.79 Å². The third kappa shape index (κ3) is 3.74. The van der Waals surface area contributed by atoms with Gasteiger partial charge in [-0.25, -0.2) is 0 Å². The summed E-state index contributed by atoms with van der Waals surface area (Å²) in [5.74, 6) is 0.300. The van der Waals surface area contributed by atoms with Gasteiger partial charge in [-0.15, -0.1) is 0 Å². The monoisotopic (exact) mass is 286 g/mol. The summed E-state index contributed by atoms with van der Waals surface area (Å²) in [4.78, 5) is 11.7. The van der Waals surface area contributed by atoms with Crippen LogP contribution >= 0.6 is 11.6 Å². The molecule has 0 aliphatic rings. The van der Waals surface area contributed by atoms with Crippen LogP contribution in [0.15, 0.2) is 48.5 Å². The Hall–Kier alpha value is -2.51. The molecule has 0 heterocycles. The lowest BCUT2D eigenvalue weighted by Gasteiger charge is -2.08. The van der Waals surface area contributed by atoms with E-state index in [4.69, 9.17) is 21.6 Å². The Balaban J connectivity index is 1.93. The second kappa shape index (κ2) is 6.60. The number of carbonyl (C=O) groups is 1. The molecular formula is C15H11ClN2O2. The van der Waals surface area contributed by atoms with Crippen molar-refractivity contribution in [2.45, 2.75) is 0 Å². The molecule has 4 nitrogen and oxygen atoms in total. The van der Waals surface area contributed by atoms with Gasteiger partial charge in [0.15, 0.2) is 6.61 Å². The van der Waals surface area contributed by atoms with Gasteiger partial charge >= 0.3 is 0 Å². The number of rotatable bonds is 4. The lowest BCUT2D eigenvalue weighted by Crippen LogP contribution is -2.20. The molecule has 1 N–H and O–H groups in total. The molecule has 0 spiro atoms. The minimum Gasteiger partial charge on any atom is -0.484 e. The Labute approximate surface area is 121 Å². The number of benzene rings is 2. The van der Waals surface area contributed by atoms with E-state index in [1.165, 1.54) is 6.07 Å². The van der Waals surface area contributed by atoms with Gasteiger partial charge in [-0.3, -0.25) is 4.79 Å². The number of carbonyl (C=O) groups excluding carboxylic acids is 1. The molecule has 0 aromatic heterocycles. The second-order valence-electron chi connectivity index (χ2n) is 3.96. The van der Waals surface area contributed by atoms with Crippen LogP contribution in [0.2, 0.25) is 5.02 Å². The number of ether oxygens (including phenoxy) is 1. The van der Waals surface area contributed by atoms with Crippen molar-refractivity contribution in [3.63, 3.8) is 0 Å². The molecule has 0 saturated heterocycles. The van der Waals surface area contributed by atoms with Crippen molar-refractivity contribution in [1.29, 1.82) is 5.26 Å². The highest BCUT2D eigenvalue weighted by Gasteiger charge is 2.07. The number of nitrogens with one attached hydrogen (secondary N) is 1. The van der Waals surface area contributed by atoms with E-state index < -0.39 is 0 Å². The summed E-state index contributed by atoms with van der Waals surface area (Å²) in [6.07, 6.45) is 0. The summed E-state index contributed by atoms with van der Waals surface area (Å²) in [7, 11) is 0. The van der Waals surface area contributed by atoms with Crippen LogP contribution < -0.4 is 10.1 Å². The molecule has 0 fully saturated rings. The van der Waals surface area contributed by atoms with Gasteiger partial charge in [-0.05, 0) is 30.3 Å². The van der Waals surface area contributed by atoms with Gasteiger partial charge in [0.1, 0.15) is 5.75 Å². The van der Waals surface area contributed by atoms with Crippen molar-refractivity contribution < 1.29 is 9.53 Å². The lowest BCUT2D eigenvalue weighted by atomic mass is 10.2. The molecule has 2 rings (SSSR count). The number of hydrogen-bond acceptors (Lipinski definition) is 3. The van der Waals surface area contributed by atoms with E-state index in [9.17, 15) is 4.79 Å². The highest BCUT2D eigenvalue weighted by atomic mass is 35.5. The van der Waals surface area contributed by atoms with Gasteiger partial charge in [-0.1, -0.05) is 29.8 Å². The first-order chi connectivity index (χ1) is 9.69. The maximum atomic E-state index is 11.7. The van der Waals surface area contributed by atoms with Crippen LogP contribution in [0.3, 0.4) is 0 Å². The zero-order chi connectivity index (χ0) is 14.4. The van der Waals surface area contributed by atoms with Crippen LogP contribution in [0.4, 0.5) is 5.69 Å². The molecular weight excluding hydrogens is 276 g/mol. The Morgan fingerprint density at radius 3 is 2.65 bits per heavy atom. The summed E-state index contributed by atoms with van der Waals surface area (Å²) in [6, 6.07) is 15.7. The van der Waals surface area contributed by atoms with E-state index in [1.807, 2.05) is 24.3 Å². The van der Waals surface area contributed by atoms with Crippen molar-refractivity contribution in [2.24, 2.45) is 0 Å². The quantitative estimate of drug-likeness (QED) is 0.938. The largest absolute Gasteiger partial charge is 0.484 e. The first kappa shape index (κ1) is 13.9. The molecule has 0 aliphatic carbocycles. The topological polar surface area (TPSA) is 62.1 Å². The van der Waals surface area contributed by atoms with E-state index in [0.717, 1.165) is 0 Å². The Morgan fingerprint density at radius 1 is 1.25 bits per heavy atom.